The molecule has 1 N–H and O–H groups in total. The van der Waals surface area contributed by atoms with Crippen molar-refractivity contribution < 1.29 is 5.11 Å². The molecule has 0 aliphatic heterocycles. The number of aliphatic hydroxyl groups excluding tert-OH is 1. The SMILES string of the molecule is Cc1nc2ccccc2n(CC(O)C(C)C)c1=O. The van der Waals surface area contributed by atoms with Crippen LogP contribution >= 0.6 is 0 Å². The first-order valence-electron chi connectivity index (χ1n) is 6.15. The Morgan fingerprint density at radius 1 is 1.33 bits per heavy atom. The average molecular weight is 246 g/mol. The number of aromatic nitrogens is 2. The highest BCUT2D eigenvalue weighted by atomic mass is 16.3. The third kappa shape index (κ3) is 2.29. The zero-order chi connectivity index (χ0) is 13.3. The van der Waals surface area contributed by atoms with Crippen molar-refractivity contribution in [1.82, 2.24) is 9.55 Å². The predicted molar refractivity (Wildman–Crippen MR) is 71.6 cm³/mol. The van der Waals surface area contributed by atoms with Crippen LogP contribution in [0.1, 0.15) is 19.5 Å². The molecule has 0 saturated carbocycles. The molecular weight excluding hydrogens is 228 g/mol. The zero-order valence-corrected chi connectivity index (χ0v) is 10.9. The number of nitrogens with zero attached hydrogens (tertiary/aromatic N) is 2. The van der Waals surface area contributed by atoms with E-state index in [-0.39, 0.29) is 11.5 Å². The lowest BCUT2D eigenvalue weighted by Gasteiger charge is -2.18. The minimum absolute atomic E-state index is 0.115. The van der Waals surface area contributed by atoms with E-state index in [1.165, 1.54) is 0 Å². The number of para-hydroxylation sites is 2. The minimum atomic E-state index is -0.534. The van der Waals surface area contributed by atoms with Gasteiger partial charge in [-0.05, 0) is 25.0 Å². The average Bonchev–Trinajstić information content (AvgIpc) is 2.34. The molecule has 4 nitrogen and oxygen atoms in total. The molecule has 0 fully saturated rings. The van der Waals surface area contributed by atoms with Crippen LogP contribution in [-0.4, -0.2) is 20.8 Å². The summed E-state index contributed by atoms with van der Waals surface area (Å²) in [6, 6.07) is 7.50. The molecule has 0 aliphatic carbocycles. The molecule has 2 aromatic rings. The Kier molecular flexibility index (Phi) is 3.48. The van der Waals surface area contributed by atoms with E-state index in [9.17, 15) is 9.90 Å². The smallest absolute Gasteiger partial charge is 0.272 e. The van der Waals surface area contributed by atoms with E-state index in [0.717, 1.165) is 11.0 Å². The molecule has 0 radical (unpaired) electrons. The summed E-state index contributed by atoms with van der Waals surface area (Å²) >= 11 is 0. The van der Waals surface area contributed by atoms with Crippen LogP contribution in [0.5, 0.6) is 0 Å². The molecule has 0 bridgehead atoms. The van der Waals surface area contributed by atoms with Crippen LogP contribution in [-0.2, 0) is 6.54 Å². The lowest BCUT2D eigenvalue weighted by molar-refractivity contribution is 0.107. The lowest BCUT2D eigenvalue weighted by Crippen LogP contribution is -2.31. The second-order valence-electron chi connectivity index (χ2n) is 4.91. The van der Waals surface area contributed by atoms with Crippen molar-refractivity contribution in [3.05, 3.63) is 40.3 Å². The first-order valence-corrected chi connectivity index (χ1v) is 6.15. The van der Waals surface area contributed by atoms with Gasteiger partial charge in [-0.2, -0.15) is 0 Å². The highest BCUT2D eigenvalue weighted by molar-refractivity contribution is 5.74. The van der Waals surface area contributed by atoms with Crippen LogP contribution in [0.2, 0.25) is 0 Å². The quantitative estimate of drug-likeness (QED) is 0.897. The number of aryl methyl sites for hydroxylation is 1. The molecule has 2 rings (SSSR count). The molecule has 1 unspecified atom stereocenters. The second kappa shape index (κ2) is 4.90. The summed E-state index contributed by atoms with van der Waals surface area (Å²) in [6.45, 7) is 5.88. The van der Waals surface area contributed by atoms with Crippen molar-refractivity contribution in [3.8, 4) is 0 Å². The molecule has 1 aromatic heterocycles. The van der Waals surface area contributed by atoms with Crippen LogP contribution in [0.4, 0.5) is 0 Å². The monoisotopic (exact) mass is 246 g/mol. The van der Waals surface area contributed by atoms with E-state index in [0.29, 0.717) is 12.2 Å². The fourth-order valence-corrected chi connectivity index (χ4v) is 1.90. The van der Waals surface area contributed by atoms with Crippen molar-refractivity contribution in [2.75, 3.05) is 0 Å². The van der Waals surface area contributed by atoms with Crippen molar-refractivity contribution in [3.63, 3.8) is 0 Å². The van der Waals surface area contributed by atoms with E-state index in [1.807, 2.05) is 38.1 Å². The summed E-state index contributed by atoms with van der Waals surface area (Å²) in [7, 11) is 0. The summed E-state index contributed by atoms with van der Waals surface area (Å²) in [5, 5.41) is 9.97. The van der Waals surface area contributed by atoms with Crippen molar-refractivity contribution >= 4 is 11.0 Å². The molecule has 0 saturated heterocycles. The number of aliphatic hydroxyl groups is 1. The summed E-state index contributed by atoms with van der Waals surface area (Å²) in [6.07, 6.45) is -0.534. The van der Waals surface area contributed by atoms with Gasteiger partial charge in [-0.3, -0.25) is 4.79 Å². The van der Waals surface area contributed by atoms with Crippen LogP contribution in [0.3, 0.4) is 0 Å². The fraction of sp³-hybridized carbons (Fsp3) is 0.429. The minimum Gasteiger partial charge on any atom is -0.391 e. The molecule has 1 aromatic carbocycles. The van der Waals surface area contributed by atoms with Crippen molar-refractivity contribution in [1.29, 1.82) is 0 Å². The number of benzene rings is 1. The van der Waals surface area contributed by atoms with Crippen LogP contribution < -0.4 is 5.56 Å². The highest BCUT2D eigenvalue weighted by Gasteiger charge is 2.14. The molecule has 0 spiro atoms. The van der Waals surface area contributed by atoms with E-state index >= 15 is 0 Å². The number of fused-ring (bicyclic) bond motifs is 1. The third-order valence-corrected chi connectivity index (χ3v) is 3.15. The molecule has 18 heavy (non-hydrogen) atoms. The van der Waals surface area contributed by atoms with Crippen molar-refractivity contribution in [2.24, 2.45) is 5.92 Å². The first-order chi connectivity index (χ1) is 8.50. The lowest BCUT2D eigenvalue weighted by atomic mass is 10.1. The second-order valence-corrected chi connectivity index (χ2v) is 4.91. The van der Waals surface area contributed by atoms with Gasteiger partial charge in [0.1, 0.15) is 5.69 Å². The Morgan fingerprint density at radius 2 is 2.00 bits per heavy atom. The topological polar surface area (TPSA) is 55.1 Å². The van der Waals surface area contributed by atoms with Crippen molar-refractivity contribution in [2.45, 2.75) is 33.4 Å². The summed E-state index contributed by atoms with van der Waals surface area (Å²) in [5.74, 6) is 0.115. The van der Waals surface area contributed by atoms with Gasteiger partial charge in [0.2, 0.25) is 0 Å². The van der Waals surface area contributed by atoms with Gasteiger partial charge in [0.25, 0.3) is 5.56 Å². The summed E-state index contributed by atoms with van der Waals surface area (Å²) in [5.41, 5.74) is 1.89. The van der Waals surface area contributed by atoms with Crippen LogP contribution in [0, 0.1) is 12.8 Å². The molecule has 0 amide bonds. The Labute approximate surface area is 106 Å². The molecule has 1 heterocycles. The molecule has 0 aliphatic rings. The maximum Gasteiger partial charge on any atom is 0.272 e. The normalized spacial score (nSPS) is 13.2. The maximum atomic E-state index is 12.1. The van der Waals surface area contributed by atoms with E-state index in [4.69, 9.17) is 0 Å². The van der Waals surface area contributed by atoms with E-state index in [1.54, 1.807) is 11.5 Å². The number of hydrogen-bond acceptors (Lipinski definition) is 3. The van der Waals surface area contributed by atoms with E-state index in [2.05, 4.69) is 4.98 Å². The predicted octanol–water partition coefficient (Wildman–Crippen LogP) is 1.72. The third-order valence-electron chi connectivity index (χ3n) is 3.15. The largest absolute Gasteiger partial charge is 0.391 e. The summed E-state index contributed by atoms with van der Waals surface area (Å²) < 4.78 is 1.61. The van der Waals surface area contributed by atoms with Gasteiger partial charge < -0.3 is 9.67 Å². The molecule has 96 valence electrons. The van der Waals surface area contributed by atoms with Gasteiger partial charge in [-0.25, -0.2) is 4.98 Å². The zero-order valence-electron chi connectivity index (χ0n) is 10.9. The van der Waals surface area contributed by atoms with Gasteiger partial charge >= 0.3 is 0 Å². The Morgan fingerprint density at radius 3 is 2.67 bits per heavy atom. The molecule has 1 atom stereocenters. The first kappa shape index (κ1) is 12.8. The maximum absolute atomic E-state index is 12.1. The Hall–Kier alpha value is -1.68. The van der Waals surface area contributed by atoms with Gasteiger partial charge in [0.05, 0.1) is 23.7 Å². The van der Waals surface area contributed by atoms with Crippen LogP contribution in [0.25, 0.3) is 11.0 Å². The molecule has 4 heteroatoms. The molecular formula is C14H18N2O2. The summed E-state index contributed by atoms with van der Waals surface area (Å²) in [4.78, 5) is 16.4. The highest BCUT2D eigenvalue weighted by Crippen LogP contribution is 2.12. The van der Waals surface area contributed by atoms with Gasteiger partial charge in [-0.15, -0.1) is 0 Å². The van der Waals surface area contributed by atoms with Gasteiger partial charge in [0.15, 0.2) is 0 Å². The Bertz CT molecular complexity index is 617. The van der Waals surface area contributed by atoms with Crippen LogP contribution in [0.15, 0.2) is 29.1 Å². The standard InChI is InChI=1S/C14H18N2O2/c1-9(2)13(17)8-16-12-7-5-4-6-11(12)15-10(3)14(16)18/h4-7,9,13,17H,8H2,1-3H3. The fourth-order valence-electron chi connectivity index (χ4n) is 1.90. The Balaban J connectivity index is 2.60. The van der Waals surface area contributed by atoms with E-state index < -0.39 is 6.10 Å². The van der Waals surface area contributed by atoms with Gasteiger partial charge in [0, 0.05) is 0 Å². The number of rotatable bonds is 3. The number of hydrogen-bond donors (Lipinski definition) is 1. The van der Waals surface area contributed by atoms with Gasteiger partial charge in [-0.1, -0.05) is 26.0 Å².